The average Bonchev–Trinajstić information content (AvgIpc) is 2.44. The zero-order valence-electron chi connectivity index (χ0n) is 7.76. The van der Waals surface area contributed by atoms with Crippen LogP contribution in [0, 0.1) is 5.92 Å². The zero-order chi connectivity index (χ0) is 8.72. The minimum Gasteiger partial charge on any atom is -0.257 e. The van der Waals surface area contributed by atoms with E-state index in [-0.39, 0.29) is 8.41 Å². The molecule has 0 radical (unpaired) electrons. The predicted molar refractivity (Wildman–Crippen MR) is 56.3 cm³/mol. The number of allylic oxidation sites excluding steroid dienone is 3. The van der Waals surface area contributed by atoms with Gasteiger partial charge in [-0.05, 0) is 12.0 Å². The van der Waals surface area contributed by atoms with Crippen LogP contribution in [0.5, 0.6) is 0 Å². The van der Waals surface area contributed by atoms with Gasteiger partial charge in [0.1, 0.15) is 0 Å². The van der Waals surface area contributed by atoms with Crippen LogP contribution in [0.2, 0.25) is 13.1 Å². The number of fused-ring (bicyclic) bond motifs is 1. The maximum atomic E-state index is 4.32. The standard InChI is InChI=1S/C10H13NSi/c1-7-6-9-8(4-5-11-9)10(7)12(2)3/h4-7H,1-3H3. The Balaban J connectivity index is 2.52. The van der Waals surface area contributed by atoms with E-state index < -0.39 is 0 Å². The fourth-order valence-corrected chi connectivity index (χ4v) is 3.74. The molecule has 0 aromatic rings. The highest BCUT2D eigenvalue weighted by Gasteiger charge is 2.24. The second-order valence-electron chi connectivity index (χ2n) is 3.61. The lowest BCUT2D eigenvalue weighted by Crippen LogP contribution is -2.15. The molecule has 1 aliphatic heterocycles. The third-order valence-electron chi connectivity index (χ3n) is 2.42. The van der Waals surface area contributed by atoms with Gasteiger partial charge in [0.05, 0.1) is 5.70 Å². The van der Waals surface area contributed by atoms with Crippen molar-refractivity contribution in [1.82, 2.24) is 0 Å². The fraction of sp³-hybridized carbons (Fsp3) is 0.400. The lowest BCUT2D eigenvalue weighted by molar-refractivity contribution is 1.03. The van der Waals surface area contributed by atoms with Crippen molar-refractivity contribution in [1.29, 1.82) is 0 Å². The maximum Gasteiger partial charge on any atom is 0.0667 e. The summed E-state index contributed by atoms with van der Waals surface area (Å²) < 4.78 is 0. The topological polar surface area (TPSA) is 12.4 Å². The molecule has 0 aromatic carbocycles. The van der Waals surface area contributed by atoms with E-state index in [1.54, 1.807) is 5.17 Å². The number of hydrogen-bond donors (Lipinski definition) is 0. The monoisotopic (exact) mass is 175 g/mol. The quantitative estimate of drug-likeness (QED) is 0.500. The van der Waals surface area contributed by atoms with Crippen molar-refractivity contribution in [2.45, 2.75) is 20.0 Å². The second kappa shape index (κ2) is 2.63. The molecule has 12 heavy (non-hydrogen) atoms. The Morgan fingerprint density at radius 3 is 2.83 bits per heavy atom. The molecule has 0 saturated heterocycles. The largest absolute Gasteiger partial charge is 0.257 e. The first-order valence-electron chi connectivity index (χ1n) is 4.34. The third kappa shape index (κ3) is 0.984. The van der Waals surface area contributed by atoms with Crippen LogP contribution in [0.3, 0.4) is 0 Å². The highest BCUT2D eigenvalue weighted by Crippen LogP contribution is 2.30. The molecule has 2 rings (SSSR count). The fourth-order valence-electron chi connectivity index (χ4n) is 2.00. The van der Waals surface area contributed by atoms with Crippen LogP contribution in [-0.2, 0) is 0 Å². The van der Waals surface area contributed by atoms with E-state index in [2.05, 4.69) is 37.2 Å². The van der Waals surface area contributed by atoms with E-state index in [0.717, 1.165) is 0 Å². The molecule has 0 amide bonds. The Labute approximate surface area is 74.7 Å². The van der Waals surface area contributed by atoms with Crippen molar-refractivity contribution in [2.24, 2.45) is 10.9 Å². The van der Waals surface area contributed by atoms with Gasteiger partial charge in [0.25, 0.3) is 0 Å². The summed E-state index contributed by atoms with van der Waals surface area (Å²) in [5.41, 5.74) is 2.63. The van der Waals surface area contributed by atoms with Crippen LogP contribution in [-0.4, -0.2) is 19.8 Å². The van der Waals surface area contributed by atoms with Gasteiger partial charge in [-0.15, -0.1) is 0 Å². The van der Waals surface area contributed by atoms with Crippen LogP contribution < -0.4 is 0 Å². The molecule has 2 aliphatic rings. The molecule has 0 fully saturated rings. The van der Waals surface area contributed by atoms with Crippen LogP contribution in [0.4, 0.5) is 0 Å². The lowest BCUT2D eigenvalue weighted by Gasteiger charge is -2.07. The van der Waals surface area contributed by atoms with Crippen LogP contribution in [0.15, 0.2) is 28.4 Å². The molecular formula is C10H13NSi. The molecule has 0 spiro atoms. The minimum absolute atomic E-state index is 0.297. The second-order valence-corrected chi connectivity index (χ2v) is 6.15. The van der Waals surface area contributed by atoms with E-state index in [4.69, 9.17) is 0 Å². The number of aliphatic imine (C=N–C) groups is 1. The average molecular weight is 175 g/mol. The normalized spacial score (nSPS) is 25.6. The molecule has 1 nitrogen and oxygen atoms in total. The highest BCUT2D eigenvalue weighted by molar-refractivity contribution is 6.73. The first kappa shape index (κ1) is 7.86. The van der Waals surface area contributed by atoms with Crippen LogP contribution in [0.25, 0.3) is 0 Å². The molecule has 2 heteroatoms. The van der Waals surface area contributed by atoms with Gasteiger partial charge in [0.15, 0.2) is 0 Å². The summed E-state index contributed by atoms with van der Waals surface area (Å²) in [6, 6.07) is 0. The Kier molecular flexibility index (Phi) is 1.72. The molecular weight excluding hydrogens is 162 g/mol. The van der Waals surface area contributed by atoms with Gasteiger partial charge in [-0.2, -0.15) is 0 Å². The maximum absolute atomic E-state index is 4.32. The van der Waals surface area contributed by atoms with Gasteiger partial charge in [-0.1, -0.05) is 31.3 Å². The Bertz CT molecular complexity index is 341. The SMILES string of the molecule is CC1C=C2N=CC=C2C1=[Si](C)C. The number of nitrogens with zero attached hydrogens (tertiary/aromatic N) is 1. The first-order valence-corrected chi connectivity index (χ1v) is 6.84. The van der Waals surface area contributed by atoms with Crippen molar-refractivity contribution < 1.29 is 0 Å². The molecule has 0 saturated carbocycles. The van der Waals surface area contributed by atoms with E-state index >= 15 is 0 Å². The number of rotatable bonds is 0. The molecule has 0 aromatic heterocycles. The van der Waals surface area contributed by atoms with Crippen molar-refractivity contribution >= 4 is 19.8 Å². The molecule has 1 unspecified atom stereocenters. The predicted octanol–water partition coefficient (Wildman–Crippen LogP) is 2.04. The van der Waals surface area contributed by atoms with Crippen molar-refractivity contribution in [2.75, 3.05) is 0 Å². The summed E-state index contributed by atoms with van der Waals surface area (Å²) in [5.74, 6) is 0.632. The van der Waals surface area contributed by atoms with Crippen molar-refractivity contribution in [3.8, 4) is 0 Å². The van der Waals surface area contributed by atoms with Gasteiger partial charge in [-0.25, -0.2) is 0 Å². The smallest absolute Gasteiger partial charge is 0.0667 e. The van der Waals surface area contributed by atoms with Crippen LogP contribution >= 0.6 is 0 Å². The van der Waals surface area contributed by atoms with E-state index in [1.165, 1.54) is 11.3 Å². The molecule has 0 N–H and O–H groups in total. The van der Waals surface area contributed by atoms with Gasteiger partial charge in [-0.3, -0.25) is 4.99 Å². The highest BCUT2D eigenvalue weighted by atomic mass is 28.2. The Morgan fingerprint density at radius 2 is 2.17 bits per heavy atom. The van der Waals surface area contributed by atoms with Crippen molar-refractivity contribution in [3.63, 3.8) is 0 Å². The third-order valence-corrected chi connectivity index (χ3v) is 4.22. The molecule has 1 atom stereocenters. The lowest BCUT2D eigenvalue weighted by atomic mass is 10.1. The summed E-state index contributed by atoms with van der Waals surface area (Å²) in [4.78, 5) is 4.32. The summed E-state index contributed by atoms with van der Waals surface area (Å²) in [5, 5.41) is 1.65. The minimum atomic E-state index is -0.297. The van der Waals surface area contributed by atoms with Gasteiger partial charge in [0.2, 0.25) is 0 Å². The van der Waals surface area contributed by atoms with Gasteiger partial charge >= 0.3 is 0 Å². The van der Waals surface area contributed by atoms with E-state index in [9.17, 15) is 0 Å². The molecule has 1 heterocycles. The van der Waals surface area contributed by atoms with E-state index in [0.29, 0.717) is 5.92 Å². The Hall–Kier alpha value is -0.763. The number of hydrogen-bond acceptors (Lipinski definition) is 1. The van der Waals surface area contributed by atoms with Crippen molar-refractivity contribution in [3.05, 3.63) is 23.4 Å². The molecule has 0 bridgehead atoms. The summed E-state index contributed by atoms with van der Waals surface area (Å²) in [7, 11) is -0.297. The summed E-state index contributed by atoms with van der Waals surface area (Å²) >= 11 is 0. The van der Waals surface area contributed by atoms with Gasteiger partial charge in [0, 0.05) is 20.2 Å². The van der Waals surface area contributed by atoms with Crippen LogP contribution in [0.1, 0.15) is 6.92 Å². The Morgan fingerprint density at radius 1 is 1.42 bits per heavy atom. The van der Waals surface area contributed by atoms with E-state index in [1.807, 2.05) is 6.21 Å². The zero-order valence-corrected chi connectivity index (χ0v) is 8.76. The summed E-state index contributed by atoms with van der Waals surface area (Å²) in [6.45, 7) is 6.98. The molecule has 1 aliphatic carbocycles. The summed E-state index contributed by atoms with van der Waals surface area (Å²) in [6.07, 6.45) is 6.35. The van der Waals surface area contributed by atoms with Gasteiger partial charge < -0.3 is 0 Å². The first-order chi connectivity index (χ1) is 5.70. The molecule has 62 valence electrons.